The molecule has 0 aliphatic rings. The van der Waals surface area contributed by atoms with Gasteiger partial charge in [0.15, 0.2) is 0 Å². The van der Waals surface area contributed by atoms with E-state index in [-0.39, 0.29) is 0 Å². The maximum Gasteiger partial charge on any atom is 0.505 e. The summed E-state index contributed by atoms with van der Waals surface area (Å²) in [5, 5.41) is 8.35. The highest BCUT2D eigenvalue weighted by atomic mass is 28.3. The summed E-state index contributed by atoms with van der Waals surface area (Å²) in [5.41, 5.74) is 0. The first-order valence-electron chi connectivity index (χ1n) is 5.98. The maximum absolute atomic E-state index is 10.2. The van der Waals surface area contributed by atoms with Crippen molar-refractivity contribution in [2.75, 3.05) is 6.61 Å². The Bertz CT molecular complexity index is 222. The van der Waals surface area contributed by atoms with Gasteiger partial charge in [-0.2, -0.15) is 0 Å². The average Bonchev–Trinajstić information content (AvgIpc) is 2.08. The Hall–Kier alpha value is -0.296. The van der Waals surface area contributed by atoms with Crippen LogP contribution in [0.15, 0.2) is 0 Å². The first-order valence-corrected chi connectivity index (χ1v) is 13.1. The third-order valence-electron chi connectivity index (χ3n) is 2.78. The lowest BCUT2D eigenvalue weighted by atomic mass is 10.5. The predicted molar refractivity (Wildman–Crippen MR) is 73.8 cm³/mol. The second kappa shape index (κ2) is 6.44. The molecule has 0 aromatic rings. The third-order valence-corrected chi connectivity index (χ3v) is 8.34. The molecular formula is C11H26O3Si2. The summed E-state index contributed by atoms with van der Waals surface area (Å²) in [5.74, 6) is 0. The summed E-state index contributed by atoms with van der Waals surface area (Å²) in [6.45, 7) is 12.4. The molecule has 16 heavy (non-hydrogen) atoms. The Morgan fingerprint density at radius 3 is 2.06 bits per heavy atom. The first-order chi connectivity index (χ1) is 7.12. The van der Waals surface area contributed by atoms with E-state index in [0.717, 1.165) is 6.42 Å². The van der Waals surface area contributed by atoms with Crippen LogP contribution in [0, 0.1) is 0 Å². The molecule has 0 unspecified atom stereocenters. The molecule has 96 valence electrons. The zero-order valence-electron chi connectivity index (χ0n) is 11.3. The van der Waals surface area contributed by atoms with Gasteiger partial charge in [-0.25, -0.2) is 4.79 Å². The largest absolute Gasteiger partial charge is 0.505 e. The zero-order valence-corrected chi connectivity index (χ0v) is 13.3. The minimum absolute atomic E-state index is 0.360. The Kier molecular flexibility index (Phi) is 6.32. The van der Waals surface area contributed by atoms with Crippen LogP contribution in [0.5, 0.6) is 0 Å². The molecule has 0 aromatic carbocycles. The van der Waals surface area contributed by atoms with E-state index in [2.05, 4.69) is 37.5 Å². The summed E-state index contributed by atoms with van der Waals surface area (Å²) in [6.07, 6.45) is -0.265. The van der Waals surface area contributed by atoms with Gasteiger partial charge in [-0.05, 0) is 6.42 Å². The number of carboxylic acid groups (broad SMARTS) is 1. The Labute approximate surface area is 101 Å². The standard InChI is InChI=1S/C11H26O3Si2/c1-15(2,3)9-10-16(4,5)8-6-7-14-11(12)13/h6-10H2,1-5H3,(H,12,13). The highest BCUT2D eigenvalue weighted by Crippen LogP contribution is 2.24. The molecule has 0 atom stereocenters. The number of hydrogen-bond acceptors (Lipinski definition) is 2. The Morgan fingerprint density at radius 1 is 1.06 bits per heavy atom. The van der Waals surface area contributed by atoms with Crippen molar-refractivity contribution in [3.8, 4) is 0 Å². The third kappa shape index (κ3) is 10.2. The van der Waals surface area contributed by atoms with Crippen LogP contribution in [0.4, 0.5) is 4.79 Å². The van der Waals surface area contributed by atoms with Crippen LogP contribution in [0.1, 0.15) is 6.42 Å². The normalized spacial score (nSPS) is 12.6. The number of rotatable bonds is 7. The van der Waals surface area contributed by atoms with Gasteiger partial charge >= 0.3 is 6.16 Å². The van der Waals surface area contributed by atoms with Gasteiger partial charge in [0.05, 0.1) is 6.61 Å². The van der Waals surface area contributed by atoms with E-state index in [1.165, 1.54) is 18.1 Å². The van der Waals surface area contributed by atoms with Crippen LogP contribution < -0.4 is 0 Å². The lowest BCUT2D eigenvalue weighted by molar-refractivity contribution is 0.0917. The predicted octanol–water partition coefficient (Wildman–Crippen LogP) is 4.12. The minimum Gasteiger partial charge on any atom is -0.450 e. The van der Waals surface area contributed by atoms with E-state index in [1.54, 1.807) is 0 Å². The van der Waals surface area contributed by atoms with Crippen molar-refractivity contribution in [2.45, 2.75) is 57.3 Å². The zero-order chi connectivity index (χ0) is 12.8. The van der Waals surface area contributed by atoms with Crippen LogP contribution in [0.25, 0.3) is 0 Å². The molecule has 0 heterocycles. The molecule has 0 saturated carbocycles. The van der Waals surface area contributed by atoms with E-state index < -0.39 is 22.3 Å². The number of carbonyl (C=O) groups is 1. The minimum atomic E-state index is -1.15. The Morgan fingerprint density at radius 2 is 1.62 bits per heavy atom. The van der Waals surface area contributed by atoms with Gasteiger partial charge in [0.25, 0.3) is 0 Å². The number of hydrogen-bond donors (Lipinski definition) is 1. The van der Waals surface area contributed by atoms with Gasteiger partial charge in [0.1, 0.15) is 0 Å². The van der Waals surface area contributed by atoms with Gasteiger partial charge in [-0.15, -0.1) is 0 Å². The lowest BCUT2D eigenvalue weighted by Crippen LogP contribution is -2.30. The van der Waals surface area contributed by atoms with Crippen molar-refractivity contribution in [3.63, 3.8) is 0 Å². The molecule has 3 nitrogen and oxygen atoms in total. The van der Waals surface area contributed by atoms with Gasteiger partial charge < -0.3 is 9.84 Å². The van der Waals surface area contributed by atoms with Crippen LogP contribution in [-0.2, 0) is 4.74 Å². The topological polar surface area (TPSA) is 46.5 Å². The second-order valence-electron chi connectivity index (χ2n) is 6.44. The average molecular weight is 262 g/mol. The molecule has 0 amide bonds. The van der Waals surface area contributed by atoms with E-state index in [9.17, 15) is 4.79 Å². The first kappa shape index (κ1) is 15.7. The highest BCUT2D eigenvalue weighted by Gasteiger charge is 2.24. The van der Waals surface area contributed by atoms with E-state index >= 15 is 0 Å². The summed E-state index contributed by atoms with van der Waals surface area (Å²) in [6, 6.07) is 3.94. The quantitative estimate of drug-likeness (QED) is 0.426. The molecule has 0 aliphatic heterocycles. The van der Waals surface area contributed by atoms with Crippen molar-refractivity contribution in [2.24, 2.45) is 0 Å². The van der Waals surface area contributed by atoms with E-state index in [4.69, 9.17) is 5.11 Å². The molecule has 0 aliphatic carbocycles. The smallest absolute Gasteiger partial charge is 0.450 e. The fraction of sp³-hybridized carbons (Fsp3) is 0.909. The molecular weight excluding hydrogens is 236 g/mol. The van der Waals surface area contributed by atoms with Crippen molar-refractivity contribution >= 4 is 22.3 Å². The lowest BCUT2D eigenvalue weighted by Gasteiger charge is -2.26. The highest BCUT2D eigenvalue weighted by molar-refractivity contribution is 6.82. The number of ether oxygens (including phenoxy) is 1. The van der Waals surface area contributed by atoms with Crippen molar-refractivity contribution in [1.82, 2.24) is 0 Å². The molecule has 5 heteroatoms. The Balaban J connectivity index is 3.74. The van der Waals surface area contributed by atoms with Gasteiger partial charge in [0, 0.05) is 16.1 Å². The molecule has 1 N–H and O–H groups in total. The summed E-state index contributed by atoms with van der Waals surface area (Å²) < 4.78 is 4.53. The maximum atomic E-state index is 10.2. The summed E-state index contributed by atoms with van der Waals surface area (Å²) in [7, 11) is -2.05. The van der Waals surface area contributed by atoms with E-state index in [1.807, 2.05) is 0 Å². The molecule has 0 aromatic heterocycles. The summed E-state index contributed by atoms with van der Waals surface area (Å²) >= 11 is 0. The van der Waals surface area contributed by atoms with Crippen LogP contribution in [0.2, 0.25) is 50.9 Å². The molecule has 0 rings (SSSR count). The monoisotopic (exact) mass is 262 g/mol. The molecule has 0 fully saturated rings. The second-order valence-corrected chi connectivity index (χ2v) is 17.4. The molecule has 0 bridgehead atoms. The molecule has 0 radical (unpaired) electrons. The van der Waals surface area contributed by atoms with Crippen molar-refractivity contribution in [1.29, 1.82) is 0 Å². The van der Waals surface area contributed by atoms with Crippen molar-refractivity contribution in [3.05, 3.63) is 0 Å². The van der Waals surface area contributed by atoms with Gasteiger partial charge in [0.2, 0.25) is 0 Å². The van der Waals surface area contributed by atoms with Gasteiger partial charge in [-0.1, -0.05) is 50.9 Å². The molecule has 0 spiro atoms. The van der Waals surface area contributed by atoms with Crippen LogP contribution in [-0.4, -0.2) is 34.0 Å². The molecule has 0 saturated heterocycles. The fourth-order valence-corrected chi connectivity index (χ4v) is 8.61. The van der Waals surface area contributed by atoms with Crippen LogP contribution >= 0.6 is 0 Å². The van der Waals surface area contributed by atoms with E-state index in [0.29, 0.717) is 6.61 Å². The van der Waals surface area contributed by atoms with Gasteiger partial charge in [-0.3, -0.25) is 0 Å². The van der Waals surface area contributed by atoms with Crippen LogP contribution in [0.3, 0.4) is 0 Å². The fourth-order valence-electron chi connectivity index (χ4n) is 1.55. The van der Waals surface area contributed by atoms with Crippen molar-refractivity contribution < 1.29 is 14.6 Å². The summed E-state index contributed by atoms with van der Waals surface area (Å²) in [4.78, 5) is 10.2. The SMILES string of the molecule is C[Si](C)(C)CC[Si](C)(C)CCCOC(=O)O.